The summed E-state index contributed by atoms with van der Waals surface area (Å²) < 4.78 is 0. The fraction of sp³-hybridized carbons (Fsp3) is 0.375. The van der Waals surface area contributed by atoms with E-state index in [-0.39, 0.29) is 28.8 Å². The molecule has 0 aliphatic carbocycles. The number of thioether (sulfide) groups is 1. The van der Waals surface area contributed by atoms with Crippen molar-refractivity contribution in [3.8, 4) is 5.75 Å². The molecule has 1 N–H and O–H groups in total. The molecule has 1 amide bonds. The minimum absolute atomic E-state index is 0.0279. The zero-order valence-electron chi connectivity index (χ0n) is 13.0. The molecule has 2 rings (SSSR count). The van der Waals surface area contributed by atoms with E-state index in [1.807, 2.05) is 27.7 Å². The van der Waals surface area contributed by atoms with Crippen molar-refractivity contribution < 1.29 is 9.90 Å². The quantitative estimate of drug-likeness (QED) is 0.843. The zero-order chi connectivity index (χ0) is 16.4. The van der Waals surface area contributed by atoms with Gasteiger partial charge in [-0.05, 0) is 63.2 Å². The fourth-order valence-electron chi connectivity index (χ4n) is 2.02. The van der Waals surface area contributed by atoms with Crippen LogP contribution in [0.4, 0.5) is 0 Å². The van der Waals surface area contributed by atoms with E-state index in [1.165, 1.54) is 17.8 Å². The lowest BCUT2D eigenvalue weighted by atomic mass is 10.2. The van der Waals surface area contributed by atoms with Gasteiger partial charge in [0.15, 0.2) is 5.17 Å². The van der Waals surface area contributed by atoms with Crippen LogP contribution in [0.5, 0.6) is 5.75 Å². The van der Waals surface area contributed by atoms with Crippen LogP contribution in [-0.2, 0) is 4.79 Å². The first-order valence-corrected chi connectivity index (χ1v) is 8.28. The molecule has 1 heterocycles. The molecule has 0 unspecified atom stereocenters. The van der Waals surface area contributed by atoms with Crippen LogP contribution in [0.15, 0.2) is 28.1 Å². The molecule has 1 aliphatic rings. The molecule has 1 aliphatic heterocycles. The molecular formula is C16H19ClN2O2S. The van der Waals surface area contributed by atoms with E-state index >= 15 is 0 Å². The monoisotopic (exact) mass is 338 g/mol. The number of carbonyl (C=O) groups is 1. The largest absolute Gasteiger partial charge is 0.506 e. The van der Waals surface area contributed by atoms with Crippen molar-refractivity contribution in [2.45, 2.75) is 39.8 Å². The summed E-state index contributed by atoms with van der Waals surface area (Å²) in [6.45, 7) is 7.90. The van der Waals surface area contributed by atoms with E-state index in [4.69, 9.17) is 11.6 Å². The number of amides is 1. The Hall–Kier alpha value is -1.46. The number of hydrogen-bond donors (Lipinski definition) is 1. The van der Waals surface area contributed by atoms with E-state index in [9.17, 15) is 9.90 Å². The minimum Gasteiger partial charge on any atom is -0.506 e. The standard InChI is InChI=1S/C16H19ClN2O2S/c1-9(2)18-16-19(10(3)4)15(21)14(22-16)8-11-5-6-13(20)12(17)7-11/h5-10,20H,1-4H3/b14-8+,18-16?. The smallest absolute Gasteiger partial charge is 0.266 e. The van der Waals surface area contributed by atoms with Gasteiger partial charge in [-0.15, -0.1) is 0 Å². The number of benzene rings is 1. The van der Waals surface area contributed by atoms with Gasteiger partial charge >= 0.3 is 0 Å². The Balaban J connectivity index is 2.38. The number of phenols is 1. The van der Waals surface area contributed by atoms with E-state index in [2.05, 4.69) is 4.99 Å². The third-order valence-corrected chi connectivity index (χ3v) is 4.29. The average Bonchev–Trinajstić information content (AvgIpc) is 2.69. The second-order valence-electron chi connectivity index (χ2n) is 5.60. The molecule has 0 spiro atoms. The van der Waals surface area contributed by atoms with Crippen molar-refractivity contribution in [2.24, 2.45) is 4.99 Å². The van der Waals surface area contributed by atoms with Crippen LogP contribution >= 0.6 is 23.4 Å². The summed E-state index contributed by atoms with van der Waals surface area (Å²) in [5.74, 6) is -0.0244. The van der Waals surface area contributed by atoms with Gasteiger partial charge in [0.2, 0.25) is 0 Å². The second-order valence-corrected chi connectivity index (χ2v) is 7.01. The van der Waals surface area contributed by atoms with Crippen molar-refractivity contribution in [1.82, 2.24) is 4.90 Å². The topological polar surface area (TPSA) is 52.9 Å². The molecule has 1 saturated heterocycles. The summed E-state index contributed by atoms with van der Waals surface area (Å²) in [5, 5.41) is 10.5. The lowest BCUT2D eigenvalue weighted by molar-refractivity contribution is -0.123. The Labute approximate surface area is 139 Å². The molecule has 1 aromatic rings. The molecule has 4 nitrogen and oxygen atoms in total. The molecule has 1 fully saturated rings. The van der Waals surface area contributed by atoms with Crippen molar-refractivity contribution in [3.05, 3.63) is 33.7 Å². The first kappa shape index (κ1) is 16.9. The highest BCUT2D eigenvalue weighted by atomic mass is 35.5. The molecule has 1 aromatic carbocycles. The lowest BCUT2D eigenvalue weighted by Gasteiger charge is -2.20. The van der Waals surface area contributed by atoms with Crippen molar-refractivity contribution in [1.29, 1.82) is 0 Å². The summed E-state index contributed by atoms with van der Waals surface area (Å²) in [7, 11) is 0. The van der Waals surface area contributed by atoms with Crippen molar-refractivity contribution >= 4 is 40.5 Å². The summed E-state index contributed by atoms with van der Waals surface area (Å²) in [6.07, 6.45) is 1.77. The predicted octanol–water partition coefficient (Wildman–Crippen LogP) is 4.13. The maximum atomic E-state index is 12.6. The normalized spacial score (nSPS) is 19.2. The van der Waals surface area contributed by atoms with Crippen LogP contribution in [0.3, 0.4) is 0 Å². The number of halogens is 1. The highest BCUT2D eigenvalue weighted by Crippen LogP contribution is 2.35. The molecule has 0 saturated carbocycles. The summed E-state index contributed by atoms with van der Waals surface area (Å²) in [4.78, 5) is 19.4. The number of nitrogens with zero attached hydrogens (tertiary/aromatic N) is 2. The first-order valence-electron chi connectivity index (χ1n) is 7.09. The van der Waals surface area contributed by atoms with Crippen LogP contribution in [0.25, 0.3) is 6.08 Å². The van der Waals surface area contributed by atoms with Gasteiger partial charge in [-0.1, -0.05) is 17.7 Å². The Morgan fingerprint density at radius 1 is 1.32 bits per heavy atom. The van der Waals surface area contributed by atoms with Gasteiger partial charge < -0.3 is 5.11 Å². The Morgan fingerprint density at radius 2 is 2.00 bits per heavy atom. The third kappa shape index (κ3) is 3.65. The second kappa shape index (κ2) is 6.75. The van der Waals surface area contributed by atoms with E-state index in [0.29, 0.717) is 4.91 Å². The third-order valence-electron chi connectivity index (χ3n) is 2.99. The Kier molecular flexibility index (Phi) is 5.19. The van der Waals surface area contributed by atoms with Crippen LogP contribution in [-0.4, -0.2) is 33.2 Å². The number of rotatable bonds is 3. The van der Waals surface area contributed by atoms with Gasteiger partial charge in [-0.25, -0.2) is 0 Å². The lowest BCUT2D eigenvalue weighted by Crippen LogP contribution is -2.35. The summed E-state index contributed by atoms with van der Waals surface area (Å²) >= 11 is 7.28. The molecule has 0 aromatic heterocycles. The molecule has 0 radical (unpaired) electrons. The van der Waals surface area contributed by atoms with Crippen LogP contribution in [0.1, 0.15) is 33.3 Å². The zero-order valence-corrected chi connectivity index (χ0v) is 14.6. The van der Waals surface area contributed by atoms with Gasteiger partial charge in [-0.2, -0.15) is 0 Å². The maximum Gasteiger partial charge on any atom is 0.266 e. The van der Waals surface area contributed by atoms with E-state index < -0.39 is 0 Å². The summed E-state index contributed by atoms with van der Waals surface area (Å²) in [6, 6.07) is 5.04. The van der Waals surface area contributed by atoms with Gasteiger partial charge in [0.1, 0.15) is 5.75 Å². The van der Waals surface area contributed by atoms with Crippen molar-refractivity contribution in [2.75, 3.05) is 0 Å². The first-order chi connectivity index (χ1) is 10.3. The number of amidine groups is 1. The van der Waals surface area contributed by atoms with Crippen molar-refractivity contribution in [3.63, 3.8) is 0 Å². The highest BCUT2D eigenvalue weighted by molar-refractivity contribution is 8.18. The summed E-state index contributed by atoms with van der Waals surface area (Å²) in [5.41, 5.74) is 0.771. The van der Waals surface area contributed by atoms with Crippen LogP contribution in [0.2, 0.25) is 5.02 Å². The van der Waals surface area contributed by atoms with Crippen LogP contribution < -0.4 is 0 Å². The average molecular weight is 339 g/mol. The molecule has 118 valence electrons. The van der Waals surface area contributed by atoms with Gasteiger partial charge in [0.25, 0.3) is 5.91 Å². The van der Waals surface area contributed by atoms with Crippen LogP contribution in [0, 0.1) is 0 Å². The predicted molar refractivity (Wildman–Crippen MR) is 93.2 cm³/mol. The Bertz CT molecular complexity index is 654. The molecular weight excluding hydrogens is 320 g/mol. The minimum atomic E-state index is -0.0522. The number of phenolic OH excluding ortho intramolecular Hbond substituents is 1. The maximum absolute atomic E-state index is 12.6. The number of hydrogen-bond acceptors (Lipinski definition) is 4. The number of aliphatic imine (C=N–C) groups is 1. The molecule has 6 heteroatoms. The highest BCUT2D eigenvalue weighted by Gasteiger charge is 2.35. The molecule has 0 bridgehead atoms. The van der Waals surface area contributed by atoms with Gasteiger partial charge in [0.05, 0.1) is 9.93 Å². The molecule has 0 atom stereocenters. The fourth-order valence-corrected chi connectivity index (χ4v) is 3.44. The number of aromatic hydroxyl groups is 1. The Morgan fingerprint density at radius 3 is 2.55 bits per heavy atom. The van der Waals surface area contributed by atoms with E-state index in [0.717, 1.165) is 10.7 Å². The van der Waals surface area contributed by atoms with E-state index in [1.54, 1.807) is 23.1 Å². The SMILES string of the molecule is CC(C)N=C1S/C(=C/c2ccc(O)c(Cl)c2)C(=O)N1C(C)C. The number of carbonyl (C=O) groups excluding carboxylic acids is 1. The van der Waals surface area contributed by atoms with Gasteiger partial charge in [0, 0.05) is 12.1 Å². The van der Waals surface area contributed by atoms with Gasteiger partial charge in [-0.3, -0.25) is 14.7 Å². The molecule has 22 heavy (non-hydrogen) atoms.